The van der Waals surface area contributed by atoms with Crippen LogP contribution in [0.5, 0.6) is 5.88 Å². The standard InChI is InChI=1S/C23H20N2O/c1-2-16-8-6-7-11-21(16)24-15-20-19-13-12-18(14-22(19)25-23(20)26)17-9-4-3-5-10-17/h2-14,25-26H,15H2,1H3/b16-2-,24-21?. The third-order valence-corrected chi connectivity index (χ3v) is 4.65. The number of aromatic amines is 1. The highest BCUT2D eigenvalue weighted by molar-refractivity contribution is 6.11. The van der Waals surface area contributed by atoms with Crippen molar-refractivity contribution in [2.45, 2.75) is 13.5 Å². The molecule has 0 atom stereocenters. The summed E-state index contributed by atoms with van der Waals surface area (Å²) < 4.78 is 0. The van der Waals surface area contributed by atoms with E-state index in [1.165, 1.54) is 0 Å². The summed E-state index contributed by atoms with van der Waals surface area (Å²) in [5, 5.41) is 11.4. The van der Waals surface area contributed by atoms with E-state index in [0.717, 1.165) is 38.9 Å². The third kappa shape index (κ3) is 3.00. The van der Waals surface area contributed by atoms with Crippen molar-refractivity contribution in [1.82, 2.24) is 4.98 Å². The number of H-pyrrole nitrogens is 1. The molecule has 3 heteroatoms. The number of aromatic hydroxyl groups is 1. The number of nitrogens with zero attached hydrogens (tertiary/aromatic N) is 1. The second-order valence-electron chi connectivity index (χ2n) is 6.24. The van der Waals surface area contributed by atoms with Crippen LogP contribution in [0.2, 0.25) is 0 Å². The molecule has 1 aliphatic carbocycles. The van der Waals surface area contributed by atoms with Gasteiger partial charge in [-0.25, -0.2) is 0 Å². The number of aromatic nitrogens is 1. The van der Waals surface area contributed by atoms with Crippen molar-refractivity contribution in [1.29, 1.82) is 0 Å². The van der Waals surface area contributed by atoms with Gasteiger partial charge in [-0.15, -0.1) is 0 Å². The smallest absolute Gasteiger partial charge is 0.194 e. The van der Waals surface area contributed by atoms with Crippen LogP contribution in [-0.4, -0.2) is 15.8 Å². The first kappa shape index (κ1) is 16.2. The van der Waals surface area contributed by atoms with Gasteiger partial charge in [-0.3, -0.25) is 4.99 Å². The lowest BCUT2D eigenvalue weighted by atomic mass is 10.0. The van der Waals surface area contributed by atoms with E-state index < -0.39 is 0 Å². The molecule has 26 heavy (non-hydrogen) atoms. The molecule has 0 fully saturated rings. The second kappa shape index (κ2) is 6.89. The molecule has 0 aliphatic heterocycles. The average molecular weight is 340 g/mol. The predicted molar refractivity (Wildman–Crippen MR) is 109 cm³/mol. The Kier molecular flexibility index (Phi) is 4.28. The van der Waals surface area contributed by atoms with Crippen LogP contribution >= 0.6 is 0 Å². The summed E-state index contributed by atoms with van der Waals surface area (Å²) in [6.45, 7) is 2.43. The van der Waals surface area contributed by atoms with Crippen molar-refractivity contribution in [2.24, 2.45) is 4.99 Å². The number of hydrogen-bond donors (Lipinski definition) is 2. The summed E-state index contributed by atoms with van der Waals surface area (Å²) in [6, 6.07) is 16.4. The molecule has 0 radical (unpaired) electrons. The van der Waals surface area contributed by atoms with Gasteiger partial charge in [0.25, 0.3) is 0 Å². The summed E-state index contributed by atoms with van der Waals surface area (Å²) in [7, 11) is 0. The molecule has 1 aromatic heterocycles. The lowest BCUT2D eigenvalue weighted by molar-refractivity contribution is 0.452. The van der Waals surface area contributed by atoms with Crippen LogP contribution in [0.15, 0.2) is 89.5 Å². The first-order valence-corrected chi connectivity index (χ1v) is 8.71. The Morgan fingerprint density at radius 2 is 1.81 bits per heavy atom. The second-order valence-corrected chi connectivity index (χ2v) is 6.24. The Hall–Kier alpha value is -3.33. The molecular formula is C23H20N2O. The molecule has 128 valence electrons. The Bertz CT molecular complexity index is 1070. The van der Waals surface area contributed by atoms with Gasteiger partial charge in [-0.1, -0.05) is 66.8 Å². The van der Waals surface area contributed by atoms with Gasteiger partial charge >= 0.3 is 0 Å². The Labute approximate surface area is 152 Å². The van der Waals surface area contributed by atoms with Crippen LogP contribution in [0.1, 0.15) is 12.5 Å². The highest BCUT2D eigenvalue weighted by Gasteiger charge is 2.12. The van der Waals surface area contributed by atoms with Crippen LogP contribution in [0.3, 0.4) is 0 Å². The van der Waals surface area contributed by atoms with E-state index in [2.05, 4.69) is 35.3 Å². The zero-order valence-electron chi connectivity index (χ0n) is 14.6. The molecule has 1 aliphatic rings. The van der Waals surface area contributed by atoms with Gasteiger partial charge in [0.15, 0.2) is 5.88 Å². The summed E-state index contributed by atoms with van der Waals surface area (Å²) in [5.41, 5.74) is 6.05. The number of rotatable bonds is 3. The van der Waals surface area contributed by atoms with Gasteiger partial charge in [0.05, 0.1) is 12.3 Å². The molecule has 1 heterocycles. The molecule has 4 rings (SSSR count). The number of allylic oxidation sites excluding steroid dienone is 6. The van der Waals surface area contributed by atoms with Gasteiger partial charge in [-0.05, 0) is 35.8 Å². The molecule has 0 saturated carbocycles. The maximum absolute atomic E-state index is 10.4. The van der Waals surface area contributed by atoms with Gasteiger partial charge in [0.1, 0.15) is 0 Å². The minimum absolute atomic E-state index is 0.187. The molecule has 0 spiro atoms. The monoisotopic (exact) mass is 340 g/mol. The number of nitrogens with one attached hydrogen (secondary N) is 1. The van der Waals surface area contributed by atoms with Gasteiger partial charge in [-0.2, -0.15) is 0 Å². The highest BCUT2D eigenvalue weighted by atomic mass is 16.3. The molecule has 0 saturated heterocycles. The van der Waals surface area contributed by atoms with Crippen molar-refractivity contribution < 1.29 is 5.11 Å². The van der Waals surface area contributed by atoms with E-state index in [1.807, 2.05) is 55.5 Å². The van der Waals surface area contributed by atoms with E-state index >= 15 is 0 Å². The summed E-state index contributed by atoms with van der Waals surface area (Å²) >= 11 is 0. The van der Waals surface area contributed by atoms with Crippen molar-refractivity contribution in [3.63, 3.8) is 0 Å². The fourth-order valence-corrected chi connectivity index (χ4v) is 3.25. The molecule has 3 nitrogen and oxygen atoms in total. The van der Waals surface area contributed by atoms with E-state index in [0.29, 0.717) is 6.54 Å². The number of benzene rings is 2. The van der Waals surface area contributed by atoms with Crippen LogP contribution < -0.4 is 0 Å². The normalized spacial score (nSPS) is 16.8. The molecule has 2 aromatic carbocycles. The first-order valence-electron chi connectivity index (χ1n) is 8.71. The fraction of sp³-hybridized carbons (Fsp3) is 0.0870. The molecule has 0 bridgehead atoms. The summed E-state index contributed by atoms with van der Waals surface area (Å²) in [6.07, 6.45) is 10.1. The van der Waals surface area contributed by atoms with Gasteiger partial charge in [0, 0.05) is 16.5 Å². The zero-order valence-corrected chi connectivity index (χ0v) is 14.6. The lowest BCUT2D eigenvalue weighted by Gasteiger charge is -2.06. The number of aliphatic imine (C=N–C) groups is 1. The van der Waals surface area contributed by atoms with E-state index in [-0.39, 0.29) is 5.88 Å². The van der Waals surface area contributed by atoms with Crippen molar-refractivity contribution in [3.8, 4) is 17.0 Å². The molecule has 0 amide bonds. The van der Waals surface area contributed by atoms with Crippen LogP contribution in [0.4, 0.5) is 0 Å². The molecule has 2 N–H and O–H groups in total. The number of hydrogen-bond acceptors (Lipinski definition) is 2. The fourth-order valence-electron chi connectivity index (χ4n) is 3.25. The minimum atomic E-state index is 0.187. The first-order chi connectivity index (χ1) is 12.8. The third-order valence-electron chi connectivity index (χ3n) is 4.65. The van der Waals surface area contributed by atoms with E-state index in [1.54, 1.807) is 0 Å². The van der Waals surface area contributed by atoms with Crippen LogP contribution in [0, 0.1) is 0 Å². The Balaban J connectivity index is 1.69. The summed E-state index contributed by atoms with van der Waals surface area (Å²) in [5.74, 6) is 0.187. The largest absolute Gasteiger partial charge is 0.494 e. The average Bonchev–Trinajstić information content (AvgIpc) is 3.01. The minimum Gasteiger partial charge on any atom is -0.494 e. The van der Waals surface area contributed by atoms with Gasteiger partial charge in [0.2, 0.25) is 0 Å². The lowest BCUT2D eigenvalue weighted by Crippen LogP contribution is -2.00. The number of fused-ring (bicyclic) bond motifs is 1. The summed E-state index contributed by atoms with van der Waals surface area (Å²) in [4.78, 5) is 7.79. The maximum atomic E-state index is 10.4. The Morgan fingerprint density at radius 1 is 1.00 bits per heavy atom. The topological polar surface area (TPSA) is 48.4 Å². The van der Waals surface area contributed by atoms with Crippen LogP contribution in [0.25, 0.3) is 22.0 Å². The highest BCUT2D eigenvalue weighted by Crippen LogP contribution is 2.31. The zero-order chi connectivity index (χ0) is 17.9. The maximum Gasteiger partial charge on any atom is 0.194 e. The Morgan fingerprint density at radius 3 is 2.62 bits per heavy atom. The molecule has 0 unspecified atom stereocenters. The predicted octanol–water partition coefficient (Wildman–Crippen LogP) is 5.55. The molecule has 3 aromatic rings. The quantitative estimate of drug-likeness (QED) is 0.645. The van der Waals surface area contributed by atoms with Gasteiger partial charge < -0.3 is 10.1 Å². The van der Waals surface area contributed by atoms with E-state index in [4.69, 9.17) is 4.99 Å². The van der Waals surface area contributed by atoms with E-state index in [9.17, 15) is 5.11 Å². The molecular weight excluding hydrogens is 320 g/mol. The van der Waals surface area contributed by atoms with Crippen LogP contribution in [-0.2, 0) is 6.54 Å². The van der Waals surface area contributed by atoms with Crippen molar-refractivity contribution in [3.05, 3.63) is 90.0 Å². The SMILES string of the molecule is C/C=C1/C=CC=CC1=NCc1c(O)[nH]c2cc(-c3ccccc3)ccc12. The van der Waals surface area contributed by atoms with Crippen molar-refractivity contribution >= 4 is 16.6 Å². The van der Waals surface area contributed by atoms with Crippen molar-refractivity contribution in [2.75, 3.05) is 0 Å².